The third-order valence-electron chi connectivity index (χ3n) is 4.48. The highest BCUT2D eigenvalue weighted by molar-refractivity contribution is 7.09. The number of nitrogens with zero attached hydrogens (tertiary/aromatic N) is 7. The molecule has 0 bridgehead atoms. The Bertz CT molecular complexity index is 974. The monoisotopic (exact) mass is 351 g/mol. The number of fused-ring (bicyclic) bond motifs is 3. The first-order valence-corrected chi connectivity index (χ1v) is 9.09. The molecule has 0 N–H and O–H groups in total. The minimum Gasteiger partial charge on any atom is -0.295 e. The number of hydrogen-bond donors (Lipinski definition) is 0. The van der Waals surface area contributed by atoms with Gasteiger partial charge in [-0.25, -0.2) is 14.7 Å². The quantitative estimate of drug-likeness (QED) is 0.565. The topological polar surface area (TPSA) is 55.0 Å². The van der Waals surface area contributed by atoms with E-state index in [4.69, 9.17) is 4.98 Å². The zero-order valence-corrected chi connectivity index (χ0v) is 14.4. The summed E-state index contributed by atoms with van der Waals surface area (Å²) in [5, 5.41) is 12.2. The Hall–Kier alpha value is -2.71. The highest BCUT2D eigenvalue weighted by Gasteiger charge is 2.27. The fourth-order valence-electron chi connectivity index (χ4n) is 3.26. The van der Waals surface area contributed by atoms with Crippen molar-refractivity contribution in [3.63, 3.8) is 0 Å². The van der Waals surface area contributed by atoms with Crippen LogP contribution >= 0.6 is 11.3 Å². The van der Waals surface area contributed by atoms with Gasteiger partial charge in [0.05, 0.1) is 24.4 Å². The fraction of sp³-hybridized carbons (Fsp3) is 0.235. The van der Waals surface area contributed by atoms with Crippen molar-refractivity contribution in [3.05, 3.63) is 59.3 Å². The van der Waals surface area contributed by atoms with Crippen LogP contribution in [0.1, 0.15) is 4.88 Å². The van der Waals surface area contributed by atoms with Crippen molar-refractivity contribution in [3.8, 4) is 0 Å². The maximum Gasteiger partial charge on any atom is 0.228 e. The molecule has 0 aliphatic carbocycles. The van der Waals surface area contributed by atoms with E-state index >= 15 is 0 Å². The van der Waals surface area contributed by atoms with Gasteiger partial charge in [0.25, 0.3) is 0 Å². The lowest BCUT2D eigenvalue weighted by Crippen LogP contribution is -2.47. The molecule has 1 aliphatic heterocycles. The van der Waals surface area contributed by atoms with E-state index in [1.165, 1.54) is 4.88 Å². The van der Waals surface area contributed by atoms with Gasteiger partial charge in [-0.3, -0.25) is 9.47 Å². The molecule has 0 atom stereocenters. The molecule has 0 saturated heterocycles. The second-order valence-corrected chi connectivity index (χ2v) is 7.11. The van der Waals surface area contributed by atoms with E-state index in [1.54, 1.807) is 12.7 Å². The van der Waals surface area contributed by atoms with Gasteiger partial charge < -0.3 is 0 Å². The number of aromatic nitrogens is 5. The van der Waals surface area contributed by atoms with Crippen LogP contribution in [0.15, 0.2) is 54.4 Å². The molecule has 4 heterocycles. The second-order valence-electron chi connectivity index (χ2n) is 6.08. The molecule has 3 aromatic heterocycles. The predicted molar refractivity (Wildman–Crippen MR) is 97.2 cm³/mol. The number of imidazole rings is 1. The lowest BCUT2D eigenvalue weighted by Gasteiger charge is -2.36. The minimum atomic E-state index is 0.757. The summed E-state index contributed by atoms with van der Waals surface area (Å²) in [5.41, 5.74) is 2.16. The Morgan fingerprint density at radius 1 is 1.00 bits per heavy atom. The summed E-state index contributed by atoms with van der Waals surface area (Å²) in [7, 11) is 0. The van der Waals surface area contributed by atoms with Crippen molar-refractivity contribution in [1.29, 1.82) is 0 Å². The molecule has 0 unspecified atom stereocenters. The van der Waals surface area contributed by atoms with Crippen molar-refractivity contribution in [2.24, 2.45) is 0 Å². The second kappa shape index (κ2) is 5.98. The molecule has 0 spiro atoms. The third kappa shape index (κ3) is 2.59. The number of rotatable bonds is 4. The van der Waals surface area contributed by atoms with E-state index in [2.05, 4.69) is 60.4 Å². The molecule has 0 amide bonds. The standard InChI is InChI=1S/C17H17N7S/c1-2-6-16-15(5-1)20-17-23(16)12-21(8-7-14-4-3-9-25-14)13-24(17)22-10-18-19-11-22/h1-6,9-11H,7-8,12-13H2. The summed E-state index contributed by atoms with van der Waals surface area (Å²) in [6, 6.07) is 12.6. The lowest BCUT2D eigenvalue weighted by atomic mass is 10.3. The van der Waals surface area contributed by atoms with E-state index in [-0.39, 0.29) is 0 Å². The summed E-state index contributed by atoms with van der Waals surface area (Å²) >= 11 is 1.82. The molecule has 0 fully saturated rings. The van der Waals surface area contributed by atoms with Crippen LogP contribution in [0.5, 0.6) is 0 Å². The number of anilines is 1. The minimum absolute atomic E-state index is 0.757. The zero-order chi connectivity index (χ0) is 16.6. The maximum atomic E-state index is 4.82. The Morgan fingerprint density at radius 3 is 2.72 bits per heavy atom. The molecule has 1 aliphatic rings. The number of benzene rings is 1. The Morgan fingerprint density at radius 2 is 1.88 bits per heavy atom. The first-order valence-electron chi connectivity index (χ1n) is 8.21. The van der Waals surface area contributed by atoms with Crippen LogP contribution in [0.25, 0.3) is 11.0 Å². The summed E-state index contributed by atoms with van der Waals surface area (Å²) in [6.07, 6.45) is 4.48. The van der Waals surface area contributed by atoms with Crippen molar-refractivity contribution in [2.75, 3.05) is 18.2 Å². The van der Waals surface area contributed by atoms with Crippen molar-refractivity contribution < 1.29 is 0 Å². The Balaban J connectivity index is 1.51. The average Bonchev–Trinajstić information content (AvgIpc) is 3.39. The highest BCUT2D eigenvalue weighted by atomic mass is 32.1. The van der Waals surface area contributed by atoms with Crippen molar-refractivity contribution in [2.45, 2.75) is 13.1 Å². The highest BCUT2D eigenvalue weighted by Crippen LogP contribution is 2.27. The molecular weight excluding hydrogens is 334 g/mol. The lowest BCUT2D eigenvalue weighted by molar-refractivity contribution is 0.194. The van der Waals surface area contributed by atoms with Crippen LogP contribution < -0.4 is 5.01 Å². The normalized spacial score (nSPS) is 15.0. The van der Waals surface area contributed by atoms with Gasteiger partial charge in [0.2, 0.25) is 5.95 Å². The van der Waals surface area contributed by atoms with Crippen LogP contribution in [-0.2, 0) is 13.1 Å². The smallest absolute Gasteiger partial charge is 0.228 e. The van der Waals surface area contributed by atoms with Gasteiger partial charge in [-0.1, -0.05) is 18.2 Å². The van der Waals surface area contributed by atoms with Crippen LogP contribution in [0.4, 0.5) is 5.95 Å². The number of hydrogen-bond acceptors (Lipinski definition) is 6. The molecule has 4 aromatic rings. The van der Waals surface area contributed by atoms with E-state index < -0.39 is 0 Å². The molecule has 126 valence electrons. The summed E-state index contributed by atoms with van der Waals surface area (Å²) < 4.78 is 4.16. The summed E-state index contributed by atoms with van der Waals surface area (Å²) in [6.45, 7) is 2.58. The van der Waals surface area contributed by atoms with Gasteiger partial charge in [-0.2, -0.15) is 0 Å². The average molecular weight is 351 g/mol. The van der Waals surface area contributed by atoms with Crippen molar-refractivity contribution in [1.82, 2.24) is 29.3 Å². The van der Waals surface area contributed by atoms with E-state index in [1.807, 2.05) is 22.1 Å². The zero-order valence-electron chi connectivity index (χ0n) is 13.6. The van der Waals surface area contributed by atoms with Gasteiger partial charge in [0.15, 0.2) is 0 Å². The third-order valence-corrected chi connectivity index (χ3v) is 5.42. The number of para-hydroxylation sites is 2. The van der Waals surface area contributed by atoms with Gasteiger partial charge in [-0.15, -0.1) is 21.5 Å². The van der Waals surface area contributed by atoms with Gasteiger partial charge in [0, 0.05) is 11.4 Å². The van der Waals surface area contributed by atoms with Gasteiger partial charge in [-0.05, 0) is 30.0 Å². The molecule has 5 rings (SSSR count). The van der Waals surface area contributed by atoms with Crippen molar-refractivity contribution >= 4 is 28.3 Å². The van der Waals surface area contributed by atoms with E-state index in [0.717, 1.165) is 43.3 Å². The number of thiophene rings is 1. The van der Waals surface area contributed by atoms with Crippen LogP contribution in [0.2, 0.25) is 0 Å². The molecule has 7 nitrogen and oxygen atoms in total. The van der Waals surface area contributed by atoms with Crippen LogP contribution in [0, 0.1) is 0 Å². The van der Waals surface area contributed by atoms with Gasteiger partial charge >= 0.3 is 0 Å². The van der Waals surface area contributed by atoms with E-state index in [0.29, 0.717) is 0 Å². The molecule has 0 saturated carbocycles. The molecular formula is C17H17N7S. The van der Waals surface area contributed by atoms with Gasteiger partial charge in [0.1, 0.15) is 12.7 Å². The largest absolute Gasteiger partial charge is 0.295 e. The first-order chi connectivity index (χ1) is 12.4. The van der Waals surface area contributed by atoms with Crippen LogP contribution in [-0.4, -0.2) is 42.5 Å². The molecule has 8 heteroatoms. The van der Waals surface area contributed by atoms with E-state index in [9.17, 15) is 0 Å². The Kier molecular flexibility index (Phi) is 3.50. The van der Waals surface area contributed by atoms with Crippen LogP contribution in [0.3, 0.4) is 0 Å². The fourth-order valence-corrected chi connectivity index (χ4v) is 3.96. The maximum absolute atomic E-state index is 4.82. The molecule has 25 heavy (non-hydrogen) atoms. The summed E-state index contributed by atoms with van der Waals surface area (Å²) in [5.74, 6) is 0.924. The predicted octanol–water partition coefficient (Wildman–Crippen LogP) is 2.43. The SMILES string of the molecule is c1csc(CCN2CN(n3cnnc3)c3nc4ccccc4n3C2)c1. The Labute approximate surface area is 148 Å². The first kappa shape index (κ1) is 14.6. The summed E-state index contributed by atoms with van der Waals surface area (Å²) in [4.78, 5) is 8.65. The molecule has 1 aromatic carbocycles. The molecule has 0 radical (unpaired) electrons.